The van der Waals surface area contributed by atoms with Gasteiger partial charge in [0, 0.05) is 51.3 Å². The van der Waals surface area contributed by atoms with Gasteiger partial charge in [0.1, 0.15) is 0 Å². The first-order chi connectivity index (χ1) is 13.0. The van der Waals surface area contributed by atoms with Crippen LogP contribution in [0.1, 0.15) is 5.56 Å². The summed E-state index contributed by atoms with van der Waals surface area (Å²) in [5, 5.41) is 3.76. The minimum atomic E-state index is -0.0241. The number of thioether (sulfide) groups is 1. The molecule has 1 aliphatic rings. The highest BCUT2D eigenvalue weighted by atomic mass is 32.2. The third-order valence-electron chi connectivity index (χ3n) is 4.53. The Morgan fingerprint density at radius 3 is 2.48 bits per heavy atom. The molecule has 144 valence electrons. The molecule has 0 saturated carbocycles. The molecule has 0 spiro atoms. The molecule has 1 aromatic carbocycles. The predicted octanol–water partition coefficient (Wildman–Crippen LogP) is 1.60. The average molecular weight is 388 g/mol. The minimum absolute atomic E-state index is 0.0241. The Bertz CT molecular complexity index is 782. The van der Waals surface area contributed by atoms with Crippen LogP contribution in [0.5, 0.6) is 0 Å². The lowest BCUT2D eigenvalue weighted by Crippen LogP contribution is -2.50. The van der Waals surface area contributed by atoms with Crippen molar-refractivity contribution < 1.29 is 9.59 Å². The first-order valence-electron chi connectivity index (χ1n) is 8.98. The topological polar surface area (TPSA) is 70.5 Å². The molecular weight excluding hydrogens is 362 g/mol. The zero-order valence-electron chi connectivity index (χ0n) is 15.7. The Morgan fingerprint density at radius 1 is 1.15 bits per heavy atom. The number of aryl methyl sites for hydroxylation is 2. The Kier molecular flexibility index (Phi) is 6.52. The van der Waals surface area contributed by atoms with Gasteiger partial charge in [0.05, 0.1) is 12.3 Å². The summed E-state index contributed by atoms with van der Waals surface area (Å²) in [6.45, 7) is 5.08. The number of rotatable bonds is 6. The number of aromatic nitrogens is 2. The van der Waals surface area contributed by atoms with Crippen molar-refractivity contribution in [2.45, 2.75) is 12.1 Å². The van der Waals surface area contributed by atoms with E-state index in [1.165, 1.54) is 11.8 Å². The number of carbonyl (C=O) groups is 2. The molecule has 0 radical (unpaired) electrons. The Labute approximate surface area is 163 Å². The Hall–Kier alpha value is -2.32. The van der Waals surface area contributed by atoms with Gasteiger partial charge >= 0.3 is 0 Å². The molecular formula is C19H25N5O2S. The van der Waals surface area contributed by atoms with Gasteiger partial charge in [0.15, 0.2) is 5.16 Å². The molecule has 2 heterocycles. The molecule has 3 rings (SSSR count). The number of nitrogens with zero attached hydrogens (tertiary/aromatic N) is 4. The van der Waals surface area contributed by atoms with Crippen molar-refractivity contribution in [2.24, 2.45) is 7.05 Å². The van der Waals surface area contributed by atoms with Crippen molar-refractivity contribution in [3.8, 4) is 0 Å². The van der Waals surface area contributed by atoms with Crippen molar-refractivity contribution in [3.05, 3.63) is 42.2 Å². The smallest absolute Gasteiger partial charge is 0.238 e. The van der Waals surface area contributed by atoms with Crippen LogP contribution in [0.3, 0.4) is 0 Å². The summed E-state index contributed by atoms with van der Waals surface area (Å²) < 4.78 is 1.91. The monoisotopic (exact) mass is 387 g/mol. The largest absolute Gasteiger partial charge is 0.339 e. The van der Waals surface area contributed by atoms with Gasteiger partial charge in [-0.3, -0.25) is 14.5 Å². The molecule has 27 heavy (non-hydrogen) atoms. The minimum Gasteiger partial charge on any atom is -0.339 e. The van der Waals surface area contributed by atoms with Crippen molar-refractivity contribution >= 4 is 29.3 Å². The second-order valence-corrected chi connectivity index (χ2v) is 7.62. The average Bonchev–Trinajstić information content (AvgIpc) is 3.07. The molecule has 1 aromatic heterocycles. The lowest BCUT2D eigenvalue weighted by Gasteiger charge is -2.34. The molecule has 7 nitrogen and oxygen atoms in total. The summed E-state index contributed by atoms with van der Waals surface area (Å²) in [5.74, 6) is 0.481. The molecule has 1 saturated heterocycles. The zero-order valence-corrected chi connectivity index (χ0v) is 16.5. The van der Waals surface area contributed by atoms with E-state index in [9.17, 15) is 9.59 Å². The van der Waals surface area contributed by atoms with Crippen LogP contribution < -0.4 is 5.32 Å². The highest BCUT2D eigenvalue weighted by molar-refractivity contribution is 7.99. The fourth-order valence-electron chi connectivity index (χ4n) is 2.90. The molecule has 0 atom stereocenters. The zero-order chi connectivity index (χ0) is 19.2. The van der Waals surface area contributed by atoms with Crippen molar-refractivity contribution in [2.75, 3.05) is 43.8 Å². The maximum atomic E-state index is 12.4. The van der Waals surface area contributed by atoms with Crippen LogP contribution in [0.15, 0.2) is 41.8 Å². The first kappa shape index (κ1) is 19.4. The van der Waals surface area contributed by atoms with Crippen LogP contribution in [0.25, 0.3) is 0 Å². The molecule has 1 fully saturated rings. The van der Waals surface area contributed by atoms with Crippen LogP contribution in [0.4, 0.5) is 5.69 Å². The second-order valence-electron chi connectivity index (χ2n) is 6.68. The molecule has 0 bridgehead atoms. The van der Waals surface area contributed by atoms with E-state index in [4.69, 9.17) is 0 Å². The molecule has 2 amide bonds. The number of anilines is 1. The van der Waals surface area contributed by atoms with E-state index < -0.39 is 0 Å². The molecule has 2 aromatic rings. The van der Waals surface area contributed by atoms with E-state index in [2.05, 4.69) is 15.2 Å². The maximum absolute atomic E-state index is 12.4. The number of imidazole rings is 1. The summed E-state index contributed by atoms with van der Waals surface area (Å²) in [6, 6.07) is 7.76. The van der Waals surface area contributed by atoms with E-state index in [1.54, 1.807) is 6.20 Å². The summed E-state index contributed by atoms with van der Waals surface area (Å²) in [4.78, 5) is 32.7. The molecule has 0 unspecified atom stereocenters. The fourth-order valence-corrected chi connectivity index (χ4v) is 3.74. The molecule has 0 aliphatic carbocycles. The Balaban J connectivity index is 1.39. The fraction of sp³-hybridized carbons (Fsp3) is 0.421. The quantitative estimate of drug-likeness (QED) is 0.763. The lowest BCUT2D eigenvalue weighted by molar-refractivity contribution is -0.130. The summed E-state index contributed by atoms with van der Waals surface area (Å²) in [5.41, 5.74) is 1.97. The third kappa shape index (κ3) is 5.58. The number of benzene rings is 1. The summed E-state index contributed by atoms with van der Waals surface area (Å²) in [7, 11) is 1.92. The second kappa shape index (κ2) is 9.05. The first-order valence-corrected chi connectivity index (χ1v) is 9.96. The highest BCUT2D eigenvalue weighted by Crippen LogP contribution is 2.16. The molecule has 1 aliphatic heterocycles. The van der Waals surface area contributed by atoms with Gasteiger partial charge in [-0.1, -0.05) is 29.5 Å². The van der Waals surface area contributed by atoms with Gasteiger partial charge < -0.3 is 14.8 Å². The van der Waals surface area contributed by atoms with E-state index in [0.717, 1.165) is 16.4 Å². The van der Waals surface area contributed by atoms with E-state index in [-0.39, 0.29) is 11.8 Å². The van der Waals surface area contributed by atoms with Crippen molar-refractivity contribution in [1.82, 2.24) is 19.4 Å². The van der Waals surface area contributed by atoms with Gasteiger partial charge in [-0.15, -0.1) is 0 Å². The van der Waals surface area contributed by atoms with E-state index in [0.29, 0.717) is 38.5 Å². The van der Waals surface area contributed by atoms with Gasteiger partial charge in [0.25, 0.3) is 0 Å². The lowest BCUT2D eigenvalue weighted by atomic mass is 10.2. The van der Waals surface area contributed by atoms with E-state index >= 15 is 0 Å². The standard InChI is InChI=1S/C19H25N5O2S/c1-15-3-5-16(6-4-15)21-17(25)13-23-9-11-24(12-10-23)18(26)14-27-19-20-7-8-22(19)2/h3-8H,9-14H2,1-2H3,(H,21,25). The third-order valence-corrected chi connectivity index (χ3v) is 5.57. The van der Waals surface area contributed by atoms with Crippen molar-refractivity contribution in [3.63, 3.8) is 0 Å². The van der Waals surface area contributed by atoms with Gasteiger partial charge in [-0.05, 0) is 19.1 Å². The normalized spacial score (nSPS) is 15.0. The summed E-state index contributed by atoms with van der Waals surface area (Å²) in [6.07, 6.45) is 3.60. The van der Waals surface area contributed by atoms with Crippen LogP contribution in [-0.2, 0) is 16.6 Å². The number of hydrogen-bond donors (Lipinski definition) is 1. The van der Waals surface area contributed by atoms with E-state index in [1.807, 2.05) is 53.9 Å². The maximum Gasteiger partial charge on any atom is 0.238 e. The number of nitrogens with one attached hydrogen (secondary N) is 1. The SMILES string of the molecule is Cc1ccc(NC(=O)CN2CCN(C(=O)CSc3nccn3C)CC2)cc1. The van der Waals surface area contributed by atoms with Crippen LogP contribution >= 0.6 is 11.8 Å². The van der Waals surface area contributed by atoms with Gasteiger partial charge in [-0.25, -0.2) is 4.98 Å². The number of piperazine rings is 1. The predicted molar refractivity (Wildman–Crippen MR) is 107 cm³/mol. The number of carbonyl (C=O) groups excluding carboxylic acids is 2. The van der Waals surface area contributed by atoms with Gasteiger partial charge in [-0.2, -0.15) is 0 Å². The van der Waals surface area contributed by atoms with Crippen LogP contribution in [0, 0.1) is 6.92 Å². The number of hydrogen-bond acceptors (Lipinski definition) is 5. The highest BCUT2D eigenvalue weighted by Gasteiger charge is 2.22. The van der Waals surface area contributed by atoms with Crippen LogP contribution in [0.2, 0.25) is 0 Å². The van der Waals surface area contributed by atoms with Crippen molar-refractivity contribution in [1.29, 1.82) is 0 Å². The van der Waals surface area contributed by atoms with Crippen LogP contribution in [-0.4, -0.2) is 69.6 Å². The molecule has 1 N–H and O–H groups in total. The Morgan fingerprint density at radius 2 is 1.85 bits per heavy atom. The van der Waals surface area contributed by atoms with Gasteiger partial charge in [0.2, 0.25) is 11.8 Å². The summed E-state index contributed by atoms with van der Waals surface area (Å²) >= 11 is 1.45. The molecule has 8 heteroatoms. The number of amides is 2.